The number of hydrogen-bond donors (Lipinski definition) is 2. The molecule has 0 fully saturated rings. The lowest BCUT2D eigenvalue weighted by atomic mass is 10.1. The molecule has 1 rings (SSSR count). The molecule has 0 aliphatic heterocycles. The Bertz CT molecular complexity index is 320. The van der Waals surface area contributed by atoms with Crippen LogP contribution in [0.3, 0.4) is 0 Å². The van der Waals surface area contributed by atoms with Crippen LogP contribution in [0.15, 0.2) is 12.1 Å². The summed E-state index contributed by atoms with van der Waals surface area (Å²) in [5.74, 6) is -0.0554. The highest BCUT2D eigenvalue weighted by molar-refractivity contribution is 6.18. The minimum atomic E-state index is -0.587. The molecule has 0 heterocycles. The van der Waals surface area contributed by atoms with Crippen molar-refractivity contribution in [2.75, 3.05) is 17.7 Å². The lowest BCUT2D eigenvalue weighted by molar-refractivity contribution is 0.211. The van der Waals surface area contributed by atoms with Gasteiger partial charge < -0.3 is 10.4 Å². The minimum Gasteiger partial charge on any atom is -0.390 e. The number of aliphatic hydroxyl groups excluding tert-OH is 1. The molecule has 0 saturated carbocycles. The van der Waals surface area contributed by atoms with Crippen LogP contribution >= 0.6 is 11.6 Å². The molecule has 0 amide bonds. The molecule has 0 radical (unpaired) electrons. The van der Waals surface area contributed by atoms with Crippen molar-refractivity contribution in [2.45, 2.75) is 20.0 Å². The van der Waals surface area contributed by atoms with E-state index < -0.39 is 6.10 Å². The standard InChI is InChI=1S/C11H15ClFNO/c1-7-3-9(13)4-8(2)11(7)14-6-10(15)5-12/h3-4,10,14-15H,5-6H2,1-2H3. The van der Waals surface area contributed by atoms with Gasteiger partial charge in [-0.25, -0.2) is 4.39 Å². The first-order valence-corrected chi connectivity index (χ1v) is 5.32. The SMILES string of the molecule is Cc1cc(F)cc(C)c1NCC(O)CCl. The van der Waals surface area contributed by atoms with Crippen LogP contribution in [-0.2, 0) is 0 Å². The zero-order valence-electron chi connectivity index (χ0n) is 8.85. The van der Waals surface area contributed by atoms with Crippen LogP contribution < -0.4 is 5.32 Å². The van der Waals surface area contributed by atoms with E-state index in [0.29, 0.717) is 6.54 Å². The molecule has 0 aromatic heterocycles. The highest BCUT2D eigenvalue weighted by Gasteiger charge is 2.07. The van der Waals surface area contributed by atoms with Crippen molar-refractivity contribution < 1.29 is 9.50 Å². The summed E-state index contributed by atoms with van der Waals surface area (Å²) < 4.78 is 13.0. The summed E-state index contributed by atoms with van der Waals surface area (Å²) in [6.07, 6.45) is -0.587. The van der Waals surface area contributed by atoms with Crippen molar-refractivity contribution >= 4 is 17.3 Å². The smallest absolute Gasteiger partial charge is 0.123 e. The molecule has 2 N–H and O–H groups in total. The summed E-state index contributed by atoms with van der Waals surface area (Å²) in [7, 11) is 0. The van der Waals surface area contributed by atoms with Gasteiger partial charge in [-0.3, -0.25) is 0 Å². The summed E-state index contributed by atoms with van der Waals surface area (Å²) in [6, 6.07) is 2.92. The second-order valence-corrected chi connectivity index (χ2v) is 3.91. The maximum Gasteiger partial charge on any atom is 0.123 e. The highest BCUT2D eigenvalue weighted by Crippen LogP contribution is 2.21. The molecule has 1 aromatic rings. The highest BCUT2D eigenvalue weighted by atomic mass is 35.5. The van der Waals surface area contributed by atoms with Gasteiger partial charge in [-0.05, 0) is 37.1 Å². The normalized spacial score (nSPS) is 12.6. The molecule has 0 bridgehead atoms. The first-order chi connectivity index (χ1) is 7.04. The Morgan fingerprint density at radius 2 is 1.93 bits per heavy atom. The Morgan fingerprint density at radius 1 is 1.40 bits per heavy atom. The van der Waals surface area contributed by atoms with Crippen LogP contribution in [-0.4, -0.2) is 23.6 Å². The Hall–Kier alpha value is -0.800. The first-order valence-electron chi connectivity index (χ1n) is 4.79. The van der Waals surface area contributed by atoms with Gasteiger partial charge in [-0.2, -0.15) is 0 Å². The van der Waals surface area contributed by atoms with Crippen molar-refractivity contribution in [1.82, 2.24) is 0 Å². The van der Waals surface area contributed by atoms with Gasteiger partial charge in [0, 0.05) is 12.2 Å². The van der Waals surface area contributed by atoms with Crippen LogP contribution in [0.1, 0.15) is 11.1 Å². The third-order valence-electron chi connectivity index (χ3n) is 2.19. The van der Waals surface area contributed by atoms with E-state index in [1.807, 2.05) is 13.8 Å². The van der Waals surface area contributed by atoms with E-state index in [2.05, 4.69) is 5.32 Å². The Balaban J connectivity index is 2.77. The summed E-state index contributed by atoms with van der Waals surface area (Å²) in [4.78, 5) is 0. The lowest BCUT2D eigenvalue weighted by Crippen LogP contribution is -2.21. The fourth-order valence-electron chi connectivity index (χ4n) is 1.46. The molecule has 84 valence electrons. The van der Waals surface area contributed by atoms with Crippen LogP contribution in [0.2, 0.25) is 0 Å². The van der Waals surface area contributed by atoms with Gasteiger partial charge in [0.25, 0.3) is 0 Å². The van der Waals surface area contributed by atoms with Crippen molar-refractivity contribution in [2.24, 2.45) is 0 Å². The zero-order valence-corrected chi connectivity index (χ0v) is 9.61. The van der Waals surface area contributed by atoms with Gasteiger partial charge in [-0.15, -0.1) is 11.6 Å². The largest absolute Gasteiger partial charge is 0.390 e. The minimum absolute atomic E-state index is 0.187. The number of benzene rings is 1. The predicted octanol–water partition coefficient (Wildman–Crippen LogP) is 2.45. The maximum atomic E-state index is 13.0. The van der Waals surface area contributed by atoms with Gasteiger partial charge in [-0.1, -0.05) is 0 Å². The summed E-state index contributed by atoms with van der Waals surface area (Å²) in [5.41, 5.74) is 2.52. The number of halogens is 2. The first kappa shape index (κ1) is 12.3. The number of aliphatic hydroxyl groups is 1. The van der Waals surface area contributed by atoms with Gasteiger partial charge in [0.15, 0.2) is 0 Å². The van der Waals surface area contributed by atoms with Gasteiger partial charge in [0.1, 0.15) is 5.82 Å². The van der Waals surface area contributed by atoms with Gasteiger partial charge in [0.05, 0.1) is 12.0 Å². The monoisotopic (exact) mass is 231 g/mol. The fraction of sp³-hybridized carbons (Fsp3) is 0.455. The lowest BCUT2D eigenvalue weighted by Gasteiger charge is -2.14. The molecule has 0 aliphatic rings. The van der Waals surface area contributed by atoms with Gasteiger partial charge in [0.2, 0.25) is 0 Å². The zero-order chi connectivity index (χ0) is 11.4. The molecule has 0 spiro atoms. The van der Waals surface area contributed by atoms with Crippen LogP contribution in [0.4, 0.5) is 10.1 Å². The molecule has 15 heavy (non-hydrogen) atoms. The Labute approximate surface area is 94.1 Å². The predicted molar refractivity (Wildman–Crippen MR) is 61.1 cm³/mol. The van der Waals surface area contributed by atoms with E-state index in [9.17, 15) is 9.50 Å². The number of alkyl halides is 1. The number of nitrogens with one attached hydrogen (secondary N) is 1. The summed E-state index contributed by atoms with van der Waals surface area (Å²) >= 11 is 5.47. The fourth-order valence-corrected chi connectivity index (χ4v) is 1.57. The Kier molecular flexibility index (Phi) is 4.36. The average Bonchev–Trinajstić information content (AvgIpc) is 2.15. The van der Waals surface area contributed by atoms with Crippen molar-refractivity contribution in [1.29, 1.82) is 0 Å². The number of hydrogen-bond acceptors (Lipinski definition) is 2. The quantitative estimate of drug-likeness (QED) is 0.781. The third kappa shape index (κ3) is 3.36. The molecule has 0 saturated heterocycles. The van der Waals surface area contributed by atoms with Crippen LogP contribution in [0, 0.1) is 19.7 Å². The second kappa shape index (κ2) is 5.33. The summed E-state index contributed by atoms with van der Waals surface area (Å²) in [6.45, 7) is 4.02. The molecule has 0 aliphatic carbocycles. The molecule has 1 aromatic carbocycles. The molecular formula is C11H15ClFNO. The van der Waals surface area contributed by atoms with E-state index in [1.165, 1.54) is 12.1 Å². The average molecular weight is 232 g/mol. The second-order valence-electron chi connectivity index (χ2n) is 3.60. The van der Waals surface area contributed by atoms with Crippen LogP contribution in [0.5, 0.6) is 0 Å². The van der Waals surface area contributed by atoms with E-state index in [4.69, 9.17) is 11.6 Å². The molecular weight excluding hydrogens is 217 g/mol. The van der Waals surface area contributed by atoms with E-state index >= 15 is 0 Å². The molecule has 1 unspecified atom stereocenters. The number of rotatable bonds is 4. The van der Waals surface area contributed by atoms with E-state index in [1.54, 1.807) is 0 Å². The number of aryl methyl sites for hydroxylation is 2. The molecule has 4 heteroatoms. The van der Waals surface area contributed by atoms with Crippen molar-refractivity contribution in [3.8, 4) is 0 Å². The van der Waals surface area contributed by atoms with Crippen molar-refractivity contribution in [3.63, 3.8) is 0 Å². The number of anilines is 1. The van der Waals surface area contributed by atoms with Gasteiger partial charge >= 0.3 is 0 Å². The molecule has 2 nitrogen and oxygen atoms in total. The third-order valence-corrected chi connectivity index (χ3v) is 2.55. The van der Waals surface area contributed by atoms with E-state index in [0.717, 1.165) is 16.8 Å². The Morgan fingerprint density at radius 3 is 2.40 bits per heavy atom. The molecule has 1 atom stereocenters. The van der Waals surface area contributed by atoms with Crippen molar-refractivity contribution in [3.05, 3.63) is 29.1 Å². The van der Waals surface area contributed by atoms with Crippen LogP contribution in [0.25, 0.3) is 0 Å². The maximum absolute atomic E-state index is 13.0. The summed E-state index contributed by atoms with van der Waals surface area (Å²) in [5, 5.41) is 12.3. The van der Waals surface area contributed by atoms with E-state index in [-0.39, 0.29) is 11.7 Å². The topological polar surface area (TPSA) is 32.3 Å².